The number of rotatable bonds is 6. The minimum atomic E-state index is -3.55. The second kappa shape index (κ2) is 7.65. The summed E-state index contributed by atoms with van der Waals surface area (Å²) in [6, 6.07) is 11.5. The topological polar surface area (TPSA) is 59.1 Å². The van der Waals surface area contributed by atoms with Crippen LogP contribution in [0.2, 0.25) is 0 Å². The summed E-state index contributed by atoms with van der Waals surface area (Å²) in [5, 5.41) is 2.68. The lowest BCUT2D eigenvalue weighted by atomic mass is 10.2. The van der Waals surface area contributed by atoms with Crippen LogP contribution in [-0.4, -0.2) is 19.9 Å². The molecular formula is C19H19FN2O2S2. The summed E-state index contributed by atoms with van der Waals surface area (Å²) in [4.78, 5) is 4.80. The van der Waals surface area contributed by atoms with E-state index in [2.05, 4.69) is 9.71 Å². The Morgan fingerprint density at radius 3 is 2.58 bits per heavy atom. The predicted molar refractivity (Wildman–Crippen MR) is 102 cm³/mol. The number of aromatic nitrogens is 1. The van der Waals surface area contributed by atoms with Crippen molar-refractivity contribution in [2.75, 3.05) is 6.54 Å². The average molecular weight is 391 g/mol. The smallest absolute Gasteiger partial charge is 0.240 e. The maximum Gasteiger partial charge on any atom is 0.240 e. The van der Waals surface area contributed by atoms with Crippen molar-refractivity contribution in [3.8, 4) is 10.6 Å². The fourth-order valence-electron chi connectivity index (χ4n) is 2.53. The lowest BCUT2D eigenvalue weighted by molar-refractivity contribution is 0.580. The molecule has 0 bridgehead atoms. The molecule has 2 aromatic carbocycles. The molecule has 0 radical (unpaired) electrons. The molecule has 1 N–H and O–H groups in total. The van der Waals surface area contributed by atoms with Crippen LogP contribution in [0.5, 0.6) is 0 Å². The summed E-state index contributed by atoms with van der Waals surface area (Å²) in [5.41, 5.74) is 3.27. The Morgan fingerprint density at radius 1 is 1.12 bits per heavy atom. The zero-order chi connectivity index (χ0) is 18.7. The largest absolute Gasteiger partial charge is 0.241 e. The molecule has 0 unspecified atom stereocenters. The van der Waals surface area contributed by atoms with Gasteiger partial charge >= 0.3 is 0 Å². The van der Waals surface area contributed by atoms with E-state index in [1.54, 1.807) is 31.2 Å². The van der Waals surface area contributed by atoms with E-state index in [1.807, 2.05) is 18.4 Å². The number of thiazole rings is 1. The van der Waals surface area contributed by atoms with Crippen LogP contribution in [0.4, 0.5) is 4.39 Å². The van der Waals surface area contributed by atoms with Crippen molar-refractivity contribution in [3.63, 3.8) is 0 Å². The molecule has 0 aliphatic carbocycles. The number of benzene rings is 2. The van der Waals surface area contributed by atoms with Crippen molar-refractivity contribution in [3.05, 3.63) is 70.5 Å². The molecule has 0 aliphatic heterocycles. The van der Waals surface area contributed by atoms with Crippen molar-refractivity contribution >= 4 is 21.4 Å². The van der Waals surface area contributed by atoms with Crippen LogP contribution in [-0.2, 0) is 16.4 Å². The standard InChI is InChI=1S/C19H19FN2O2S2/c1-13-3-4-14(2)18(11-13)26(23,24)21-10-9-17-12-25-19(22-17)15-5-7-16(20)8-6-15/h3-8,11-12,21H,9-10H2,1-2H3. The molecule has 0 saturated heterocycles. The number of nitrogens with zero attached hydrogens (tertiary/aromatic N) is 1. The Bertz CT molecular complexity index is 1010. The van der Waals surface area contributed by atoms with E-state index in [-0.39, 0.29) is 12.4 Å². The third-order valence-corrected chi connectivity index (χ3v) is 6.49. The molecule has 1 aromatic heterocycles. The van der Waals surface area contributed by atoms with Crippen LogP contribution in [0.25, 0.3) is 10.6 Å². The fraction of sp³-hybridized carbons (Fsp3) is 0.211. The Morgan fingerprint density at radius 2 is 1.85 bits per heavy atom. The Labute approximate surface area is 156 Å². The molecule has 0 spiro atoms. The molecule has 7 heteroatoms. The van der Waals surface area contributed by atoms with Gasteiger partial charge < -0.3 is 0 Å². The molecule has 1 heterocycles. The molecule has 0 amide bonds. The van der Waals surface area contributed by atoms with Gasteiger partial charge in [-0.15, -0.1) is 11.3 Å². The van der Waals surface area contributed by atoms with Gasteiger partial charge in [0.15, 0.2) is 0 Å². The molecule has 0 aliphatic rings. The highest BCUT2D eigenvalue weighted by Gasteiger charge is 2.16. The van der Waals surface area contributed by atoms with E-state index < -0.39 is 10.0 Å². The van der Waals surface area contributed by atoms with Gasteiger partial charge in [-0.2, -0.15) is 0 Å². The molecule has 0 fully saturated rings. The fourth-order valence-corrected chi connectivity index (χ4v) is 4.75. The highest BCUT2D eigenvalue weighted by Crippen LogP contribution is 2.24. The molecule has 0 atom stereocenters. The lowest BCUT2D eigenvalue weighted by Crippen LogP contribution is -2.26. The van der Waals surface area contributed by atoms with Crippen LogP contribution < -0.4 is 4.72 Å². The van der Waals surface area contributed by atoms with Gasteiger partial charge in [0.1, 0.15) is 10.8 Å². The quantitative estimate of drug-likeness (QED) is 0.690. The first-order valence-corrected chi connectivity index (χ1v) is 10.5. The summed E-state index contributed by atoms with van der Waals surface area (Å²) in [6.07, 6.45) is 0.488. The van der Waals surface area contributed by atoms with Gasteiger partial charge in [-0.05, 0) is 55.3 Å². The molecule has 3 aromatic rings. The molecule has 4 nitrogen and oxygen atoms in total. The van der Waals surface area contributed by atoms with E-state index in [9.17, 15) is 12.8 Å². The van der Waals surface area contributed by atoms with Crippen molar-refractivity contribution < 1.29 is 12.8 Å². The van der Waals surface area contributed by atoms with Gasteiger partial charge in [0, 0.05) is 23.9 Å². The van der Waals surface area contributed by atoms with Gasteiger partial charge in [0.2, 0.25) is 10.0 Å². The SMILES string of the molecule is Cc1ccc(C)c(S(=O)(=O)NCCc2csc(-c3ccc(F)cc3)n2)c1. The van der Waals surface area contributed by atoms with Crippen LogP contribution in [0, 0.1) is 19.7 Å². The zero-order valence-electron chi connectivity index (χ0n) is 14.5. The maximum atomic E-state index is 13.0. The summed E-state index contributed by atoms with van der Waals surface area (Å²) in [7, 11) is -3.55. The van der Waals surface area contributed by atoms with Crippen molar-refractivity contribution in [1.29, 1.82) is 0 Å². The molecule has 136 valence electrons. The minimum Gasteiger partial charge on any atom is -0.241 e. The van der Waals surface area contributed by atoms with Crippen molar-refractivity contribution in [2.45, 2.75) is 25.2 Å². The highest BCUT2D eigenvalue weighted by molar-refractivity contribution is 7.89. The van der Waals surface area contributed by atoms with Crippen LogP contribution in [0.1, 0.15) is 16.8 Å². The van der Waals surface area contributed by atoms with Crippen LogP contribution in [0.3, 0.4) is 0 Å². The minimum absolute atomic E-state index is 0.266. The maximum absolute atomic E-state index is 13.0. The third kappa shape index (κ3) is 4.35. The first kappa shape index (κ1) is 18.7. The normalized spacial score (nSPS) is 11.7. The number of hydrogen-bond donors (Lipinski definition) is 1. The second-order valence-electron chi connectivity index (χ2n) is 6.07. The van der Waals surface area contributed by atoms with E-state index in [4.69, 9.17) is 0 Å². The van der Waals surface area contributed by atoms with E-state index in [1.165, 1.54) is 23.5 Å². The second-order valence-corrected chi connectivity index (χ2v) is 8.66. The molecular weight excluding hydrogens is 371 g/mol. The summed E-state index contributed by atoms with van der Waals surface area (Å²) in [5.74, 6) is -0.286. The third-order valence-electron chi connectivity index (χ3n) is 3.95. The zero-order valence-corrected chi connectivity index (χ0v) is 16.1. The number of halogens is 1. The monoisotopic (exact) mass is 390 g/mol. The Balaban J connectivity index is 1.65. The Hall–Kier alpha value is -2.09. The van der Waals surface area contributed by atoms with Crippen LogP contribution in [0.15, 0.2) is 52.7 Å². The summed E-state index contributed by atoms with van der Waals surface area (Å²) >= 11 is 1.46. The Kier molecular flexibility index (Phi) is 5.50. The van der Waals surface area contributed by atoms with Crippen molar-refractivity contribution in [1.82, 2.24) is 9.71 Å². The van der Waals surface area contributed by atoms with Gasteiger partial charge in [-0.25, -0.2) is 22.5 Å². The summed E-state index contributed by atoms with van der Waals surface area (Å²) < 4.78 is 40.6. The summed E-state index contributed by atoms with van der Waals surface area (Å²) in [6.45, 7) is 3.91. The van der Waals surface area contributed by atoms with Crippen LogP contribution >= 0.6 is 11.3 Å². The first-order valence-electron chi connectivity index (χ1n) is 8.12. The van der Waals surface area contributed by atoms with Gasteiger partial charge in [-0.3, -0.25) is 0 Å². The number of nitrogens with one attached hydrogen (secondary N) is 1. The molecule has 0 saturated carbocycles. The van der Waals surface area contributed by atoms with Gasteiger partial charge in [0.25, 0.3) is 0 Å². The van der Waals surface area contributed by atoms with E-state index >= 15 is 0 Å². The predicted octanol–water partition coefficient (Wildman–Crippen LogP) is 4.09. The average Bonchev–Trinajstić information content (AvgIpc) is 3.06. The number of sulfonamides is 1. The first-order chi connectivity index (χ1) is 12.3. The van der Waals surface area contributed by atoms with Gasteiger partial charge in [-0.1, -0.05) is 12.1 Å². The van der Waals surface area contributed by atoms with Gasteiger partial charge in [0.05, 0.1) is 10.6 Å². The number of aryl methyl sites for hydroxylation is 2. The number of hydrogen-bond acceptors (Lipinski definition) is 4. The molecule has 3 rings (SSSR count). The highest BCUT2D eigenvalue weighted by atomic mass is 32.2. The van der Waals surface area contributed by atoms with Crippen molar-refractivity contribution in [2.24, 2.45) is 0 Å². The molecule has 26 heavy (non-hydrogen) atoms. The van der Waals surface area contributed by atoms with E-state index in [0.717, 1.165) is 27.4 Å². The lowest BCUT2D eigenvalue weighted by Gasteiger charge is -2.09. The van der Waals surface area contributed by atoms with E-state index in [0.29, 0.717) is 11.3 Å².